The molecule has 1 aromatic rings. The molecule has 1 N–H and O–H groups in total. The maximum Gasteiger partial charge on any atom is 0.246 e. The number of sulfonamides is 1. The quantitative estimate of drug-likeness (QED) is 0.908. The van der Waals surface area contributed by atoms with Crippen LogP contribution in [0, 0.1) is 0 Å². The van der Waals surface area contributed by atoms with Gasteiger partial charge >= 0.3 is 0 Å². The highest BCUT2D eigenvalue weighted by atomic mass is 32.2. The summed E-state index contributed by atoms with van der Waals surface area (Å²) in [7, 11) is -3.49. The zero-order valence-corrected chi connectivity index (χ0v) is 13.7. The maximum absolute atomic E-state index is 13.0. The Morgan fingerprint density at radius 2 is 2.19 bits per heavy atom. The standard InChI is InChI=1S/C15H25N3O2S/c1-3-9-17-14-8-10-16-12-15(14)21(19,20)18-11-6-4-5-7-13(18)2/h8,10,12-13H,3-7,9,11H2,1-2H3,(H,16,17). The van der Waals surface area contributed by atoms with Gasteiger partial charge in [0.1, 0.15) is 4.90 Å². The molecule has 0 bridgehead atoms. The molecule has 21 heavy (non-hydrogen) atoms. The van der Waals surface area contributed by atoms with E-state index in [1.807, 2.05) is 6.92 Å². The second-order valence-corrected chi connectivity index (χ2v) is 7.47. The minimum Gasteiger partial charge on any atom is -0.384 e. The lowest BCUT2D eigenvalue weighted by Crippen LogP contribution is -2.38. The van der Waals surface area contributed by atoms with Gasteiger partial charge in [-0.25, -0.2) is 8.42 Å². The lowest BCUT2D eigenvalue weighted by molar-refractivity contribution is 0.342. The Morgan fingerprint density at radius 1 is 1.38 bits per heavy atom. The van der Waals surface area contributed by atoms with Crippen LogP contribution in [0.5, 0.6) is 0 Å². The number of nitrogens with zero attached hydrogens (tertiary/aromatic N) is 2. The van der Waals surface area contributed by atoms with Gasteiger partial charge in [-0.05, 0) is 32.3 Å². The molecule has 1 aliphatic rings. The van der Waals surface area contributed by atoms with Gasteiger partial charge in [-0.1, -0.05) is 19.8 Å². The highest BCUT2D eigenvalue weighted by Crippen LogP contribution is 2.28. The topological polar surface area (TPSA) is 62.3 Å². The Bertz CT molecular complexity index is 560. The van der Waals surface area contributed by atoms with Crippen LogP contribution in [0.2, 0.25) is 0 Å². The molecule has 0 aromatic carbocycles. The number of anilines is 1. The van der Waals surface area contributed by atoms with Crippen LogP contribution in [0.15, 0.2) is 23.4 Å². The molecule has 1 aliphatic heterocycles. The van der Waals surface area contributed by atoms with E-state index in [1.54, 1.807) is 16.6 Å². The average Bonchev–Trinajstić information content (AvgIpc) is 2.70. The summed E-state index contributed by atoms with van der Waals surface area (Å²) in [6.07, 6.45) is 8.10. The van der Waals surface area contributed by atoms with Gasteiger partial charge in [-0.3, -0.25) is 4.98 Å². The summed E-state index contributed by atoms with van der Waals surface area (Å²) in [4.78, 5) is 4.32. The lowest BCUT2D eigenvalue weighted by Gasteiger charge is -2.27. The molecule has 0 radical (unpaired) electrons. The van der Waals surface area contributed by atoms with Gasteiger partial charge in [0.15, 0.2) is 0 Å². The average molecular weight is 311 g/mol. The predicted molar refractivity (Wildman–Crippen MR) is 84.8 cm³/mol. The van der Waals surface area contributed by atoms with E-state index in [0.717, 1.165) is 38.6 Å². The van der Waals surface area contributed by atoms with Gasteiger partial charge in [-0.2, -0.15) is 4.31 Å². The van der Waals surface area contributed by atoms with Crippen LogP contribution < -0.4 is 5.32 Å². The molecule has 5 nitrogen and oxygen atoms in total. The van der Waals surface area contributed by atoms with Gasteiger partial charge in [0.05, 0.1) is 5.69 Å². The number of rotatable bonds is 5. The Labute approximate surface area is 127 Å². The summed E-state index contributed by atoms with van der Waals surface area (Å²) in [5, 5.41) is 3.19. The molecule has 1 saturated heterocycles. The first kappa shape index (κ1) is 16.2. The van der Waals surface area contributed by atoms with Crippen molar-refractivity contribution in [2.24, 2.45) is 0 Å². The van der Waals surface area contributed by atoms with E-state index in [0.29, 0.717) is 17.1 Å². The number of aromatic nitrogens is 1. The van der Waals surface area contributed by atoms with Crippen molar-refractivity contribution in [3.63, 3.8) is 0 Å². The zero-order valence-electron chi connectivity index (χ0n) is 12.9. The van der Waals surface area contributed by atoms with Gasteiger partial charge in [0.2, 0.25) is 10.0 Å². The first-order valence-electron chi connectivity index (χ1n) is 7.77. The van der Waals surface area contributed by atoms with Crippen LogP contribution in [-0.2, 0) is 10.0 Å². The minimum atomic E-state index is -3.49. The SMILES string of the molecule is CCCNc1ccncc1S(=O)(=O)N1CCCCCC1C. The summed E-state index contributed by atoms with van der Waals surface area (Å²) in [6.45, 7) is 5.41. The summed E-state index contributed by atoms with van der Waals surface area (Å²) in [5.74, 6) is 0. The smallest absolute Gasteiger partial charge is 0.246 e. The molecule has 0 spiro atoms. The third-order valence-corrected chi connectivity index (χ3v) is 5.97. The fourth-order valence-corrected chi connectivity index (χ4v) is 4.54. The molecule has 6 heteroatoms. The molecule has 1 atom stereocenters. The van der Waals surface area contributed by atoms with E-state index >= 15 is 0 Å². The van der Waals surface area contributed by atoms with Crippen LogP contribution in [0.4, 0.5) is 5.69 Å². The molecule has 0 amide bonds. The summed E-state index contributed by atoms with van der Waals surface area (Å²) >= 11 is 0. The maximum atomic E-state index is 13.0. The zero-order chi connectivity index (χ0) is 15.3. The normalized spacial score (nSPS) is 21.0. The number of pyridine rings is 1. The van der Waals surface area contributed by atoms with Crippen LogP contribution >= 0.6 is 0 Å². The lowest BCUT2D eigenvalue weighted by atomic mass is 10.1. The summed E-state index contributed by atoms with van der Waals surface area (Å²) < 4.78 is 27.6. The molecule has 0 aliphatic carbocycles. The molecular formula is C15H25N3O2S. The van der Waals surface area contributed by atoms with E-state index in [1.165, 1.54) is 6.20 Å². The monoisotopic (exact) mass is 311 g/mol. The number of nitrogens with one attached hydrogen (secondary N) is 1. The Morgan fingerprint density at radius 3 is 2.95 bits per heavy atom. The van der Waals surface area contributed by atoms with Crippen molar-refractivity contribution in [3.05, 3.63) is 18.5 Å². The molecule has 2 rings (SSSR count). The highest BCUT2D eigenvalue weighted by molar-refractivity contribution is 7.89. The Balaban J connectivity index is 2.34. The van der Waals surface area contributed by atoms with Crippen LogP contribution in [0.1, 0.15) is 46.0 Å². The third-order valence-electron chi connectivity index (χ3n) is 3.93. The van der Waals surface area contributed by atoms with E-state index in [2.05, 4.69) is 17.2 Å². The number of hydrogen-bond acceptors (Lipinski definition) is 4. The molecule has 1 aromatic heterocycles. The molecule has 1 unspecified atom stereocenters. The van der Waals surface area contributed by atoms with Crippen molar-refractivity contribution in [1.82, 2.24) is 9.29 Å². The summed E-state index contributed by atoms with van der Waals surface area (Å²) in [6, 6.07) is 1.79. The van der Waals surface area contributed by atoms with Gasteiger partial charge in [0, 0.05) is 31.5 Å². The summed E-state index contributed by atoms with van der Waals surface area (Å²) in [5.41, 5.74) is 0.656. The molecule has 1 fully saturated rings. The highest BCUT2D eigenvalue weighted by Gasteiger charge is 2.31. The first-order chi connectivity index (χ1) is 10.1. The minimum absolute atomic E-state index is 0.0525. The molecule has 0 saturated carbocycles. The van der Waals surface area contributed by atoms with E-state index < -0.39 is 10.0 Å². The third kappa shape index (κ3) is 3.74. The Hall–Kier alpha value is -1.14. The van der Waals surface area contributed by atoms with Crippen molar-refractivity contribution in [1.29, 1.82) is 0 Å². The van der Waals surface area contributed by atoms with Gasteiger partial charge in [-0.15, -0.1) is 0 Å². The van der Waals surface area contributed by atoms with Crippen LogP contribution in [-0.4, -0.2) is 36.8 Å². The van der Waals surface area contributed by atoms with Crippen molar-refractivity contribution >= 4 is 15.7 Å². The van der Waals surface area contributed by atoms with Crippen LogP contribution in [0.25, 0.3) is 0 Å². The largest absolute Gasteiger partial charge is 0.384 e. The van der Waals surface area contributed by atoms with E-state index in [-0.39, 0.29) is 6.04 Å². The predicted octanol–water partition coefficient (Wildman–Crippen LogP) is 2.86. The first-order valence-corrected chi connectivity index (χ1v) is 9.21. The van der Waals surface area contributed by atoms with E-state index in [9.17, 15) is 8.42 Å². The van der Waals surface area contributed by atoms with Gasteiger partial charge < -0.3 is 5.32 Å². The molecule has 118 valence electrons. The van der Waals surface area contributed by atoms with Crippen molar-refractivity contribution in [2.75, 3.05) is 18.4 Å². The fourth-order valence-electron chi connectivity index (χ4n) is 2.72. The second kappa shape index (κ2) is 7.22. The number of hydrogen-bond donors (Lipinski definition) is 1. The molecule has 2 heterocycles. The second-order valence-electron chi connectivity index (χ2n) is 5.61. The fraction of sp³-hybridized carbons (Fsp3) is 0.667. The van der Waals surface area contributed by atoms with Crippen molar-refractivity contribution in [2.45, 2.75) is 56.9 Å². The van der Waals surface area contributed by atoms with E-state index in [4.69, 9.17) is 0 Å². The van der Waals surface area contributed by atoms with Gasteiger partial charge in [0.25, 0.3) is 0 Å². The van der Waals surface area contributed by atoms with Crippen molar-refractivity contribution in [3.8, 4) is 0 Å². The van der Waals surface area contributed by atoms with Crippen molar-refractivity contribution < 1.29 is 8.42 Å². The van der Waals surface area contributed by atoms with Crippen LogP contribution in [0.3, 0.4) is 0 Å². The Kier molecular flexibility index (Phi) is 5.58. The molecular weight excluding hydrogens is 286 g/mol.